The Morgan fingerprint density at radius 3 is 2.11 bits per heavy atom. The molecule has 1 aliphatic rings. The summed E-state index contributed by atoms with van der Waals surface area (Å²) >= 11 is 0. The summed E-state index contributed by atoms with van der Waals surface area (Å²) in [6, 6.07) is 5.23. The number of carbonyl (C=O) groups excluding carboxylic acids is 4. The van der Waals surface area contributed by atoms with Crippen LogP contribution in [-0.4, -0.2) is 73.3 Å². The summed E-state index contributed by atoms with van der Waals surface area (Å²) in [6.07, 6.45) is -4.04. The Balaban J connectivity index is 2.48. The van der Waals surface area contributed by atoms with Crippen molar-refractivity contribution >= 4 is 23.9 Å². The van der Waals surface area contributed by atoms with Gasteiger partial charge in [0, 0.05) is 26.3 Å². The van der Waals surface area contributed by atoms with Gasteiger partial charge in [0.05, 0.1) is 13.7 Å². The minimum atomic E-state index is -1.58. The predicted octanol–water partition coefficient (Wildman–Crippen LogP) is 0.922. The van der Waals surface area contributed by atoms with Crippen LogP contribution in [-0.2, 0) is 55.9 Å². The topological polar surface area (TPSA) is 170 Å². The third-order valence-corrected chi connectivity index (χ3v) is 5.55. The highest BCUT2D eigenvalue weighted by atomic mass is 16.7. The van der Waals surface area contributed by atoms with E-state index in [1.165, 1.54) is 0 Å². The SMILES string of the molecule is COC(=O)[C@H]1O[C@@H](Oc2cc(CCCCCN)ccc2CO)[C@H](OC(C)=O)[C@@H](OC(C)=O)[C@@H]1OC(C)=O. The van der Waals surface area contributed by atoms with Crippen molar-refractivity contribution in [1.82, 2.24) is 0 Å². The summed E-state index contributed by atoms with van der Waals surface area (Å²) in [6.45, 7) is 3.54. The van der Waals surface area contributed by atoms with Gasteiger partial charge in [0.1, 0.15) is 5.75 Å². The lowest BCUT2D eigenvalue weighted by Crippen LogP contribution is -2.64. The zero-order valence-corrected chi connectivity index (χ0v) is 21.5. The summed E-state index contributed by atoms with van der Waals surface area (Å²) in [5.74, 6) is -3.09. The zero-order chi connectivity index (χ0) is 27.5. The molecule has 1 fully saturated rings. The van der Waals surface area contributed by atoms with Gasteiger partial charge in [0.25, 0.3) is 0 Å². The second kappa shape index (κ2) is 14.5. The molecular weight excluding hydrogens is 490 g/mol. The van der Waals surface area contributed by atoms with Crippen molar-refractivity contribution in [3.8, 4) is 5.75 Å². The van der Waals surface area contributed by atoms with Crippen LogP contribution in [0.1, 0.15) is 51.2 Å². The van der Waals surface area contributed by atoms with E-state index in [0.717, 1.165) is 59.1 Å². The summed E-state index contributed by atoms with van der Waals surface area (Å²) in [5.41, 5.74) is 6.86. The van der Waals surface area contributed by atoms with E-state index in [1.54, 1.807) is 12.1 Å². The summed E-state index contributed by atoms with van der Waals surface area (Å²) in [5, 5.41) is 9.87. The van der Waals surface area contributed by atoms with Crippen molar-refractivity contribution in [2.45, 2.75) is 83.8 Å². The second-order valence-electron chi connectivity index (χ2n) is 8.49. The van der Waals surface area contributed by atoms with Gasteiger partial charge in [0.15, 0.2) is 18.3 Å². The molecule has 1 heterocycles. The largest absolute Gasteiger partial charge is 0.467 e. The van der Waals surface area contributed by atoms with Gasteiger partial charge in [-0.25, -0.2) is 4.79 Å². The molecule has 37 heavy (non-hydrogen) atoms. The number of unbranched alkanes of at least 4 members (excludes halogenated alkanes) is 2. The van der Waals surface area contributed by atoms with Gasteiger partial charge in [0.2, 0.25) is 12.4 Å². The van der Waals surface area contributed by atoms with Gasteiger partial charge in [-0.15, -0.1) is 0 Å². The molecule has 206 valence electrons. The van der Waals surface area contributed by atoms with Crippen molar-refractivity contribution in [2.75, 3.05) is 13.7 Å². The van der Waals surface area contributed by atoms with Gasteiger partial charge in [-0.3, -0.25) is 14.4 Å². The number of methoxy groups -OCH3 is 1. The molecule has 12 heteroatoms. The lowest BCUT2D eigenvalue weighted by atomic mass is 9.97. The number of rotatable bonds is 12. The normalized spacial score (nSPS) is 23.0. The number of carbonyl (C=O) groups is 4. The maximum atomic E-state index is 12.6. The Hall–Kier alpha value is -3.22. The number of aliphatic hydroxyl groups is 1. The molecule has 5 atom stereocenters. The predicted molar refractivity (Wildman–Crippen MR) is 127 cm³/mol. The van der Waals surface area contributed by atoms with E-state index in [2.05, 4.69) is 0 Å². The first-order valence-corrected chi connectivity index (χ1v) is 12.0. The van der Waals surface area contributed by atoms with Crippen LogP contribution in [0.5, 0.6) is 5.75 Å². The van der Waals surface area contributed by atoms with Crippen molar-refractivity contribution < 1.29 is 52.7 Å². The van der Waals surface area contributed by atoms with E-state index in [0.29, 0.717) is 12.1 Å². The Bertz CT molecular complexity index is 951. The molecule has 3 N–H and O–H groups in total. The average molecular weight is 526 g/mol. The van der Waals surface area contributed by atoms with Crippen LogP contribution in [0.4, 0.5) is 0 Å². The monoisotopic (exact) mass is 525 g/mol. The van der Waals surface area contributed by atoms with Crippen LogP contribution in [0.2, 0.25) is 0 Å². The van der Waals surface area contributed by atoms with Gasteiger partial charge in [-0.1, -0.05) is 18.6 Å². The van der Waals surface area contributed by atoms with Crippen molar-refractivity contribution in [2.24, 2.45) is 5.73 Å². The number of nitrogens with two attached hydrogens (primary N) is 1. The Kier molecular flexibility index (Phi) is 11.8. The highest BCUT2D eigenvalue weighted by Crippen LogP contribution is 2.33. The maximum Gasteiger partial charge on any atom is 0.339 e. The van der Waals surface area contributed by atoms with Gasteiger partial charge in [-0.05, 0) is 37.4 Å². The zero-order valence-electron chi connectivity index (χ0n) is 21.5. The van der Waals surface area contributed by atoms with E-state index in [1.807, 2.05) is 6.07 Å². The van der Waals surface area contributed by atoms with Crippen LogP contribution in [0.25, 0.3) is 0 Å². The molecular formula is C25H35NO11. The van der Waals surface area contributed by atoms with Crippen molar-refractivity contribution in [3.63, 3.8) is 0 Å². The first-order chi connectivity index (χ1) is 17.6. The molecule has 2 rings (SSSR count). The number of hydrogen-bond donors (Lipinski definition) is 2. The number of aryl methyl sites for hydroxylation is 1. The Labute approximate surface area is 215 Å². The minimum Gasteiger partial charge on any atom is -0.467 e. The first kappa shape index (κ1) is 30.0. The van der Waals surface area contributed by atoms with Crippen LogP contribution in [0.3, 0.4) is 0 Å². The summed E-state index contributed by atoms with van der Waals surface area (Å²) < 4.78 is 32.6. The van der Waals surface area contributed by atoms with E-state index in [4.69, 9.17) is 34.2 Å². The fourth-order valence-corrected chi connectivity index (χ4v) is 3.94. The molecule has 1 aromatic rings. The van der Waals surface area contributed by atoms with Crippen LogP contribution >= 0.6 is 0 Å². The summed E-state index contributed by atoms with van der Waals surface area (Å²) in [4.78, 5) is 48.3. The van der Waals surface area contributed by atoms with Gasteiger partial charge >= 0.3 is 23.9 Å². The molecule has 1 aromatic carbocycles. The number of ether oxygens (including phenoxy) is 6. The van der Waals surface area contributed by atoms with Crippen molar-refractivity contribution in [1.29, 1.82) is 0 Å². The van der Waals surface area contributed by atoms with Crippen LogP contribution in [0.15, 0.2) is 18.2 Å². The van der Waals surface area contributed by atoms with E-state index >= 15 is 0 Å². The van der Waals surface area contributed by atoms with E-state index in [-0.39, 0.29) is 12.4 Å². The minimum absolute atomic E-state index is 0.206. The van der Waals surface area contributed by atoms with Crippen LogP contribution < -0.4 is 10.5 Å². The first-order valence-electron chi connectivity index (χ1n) is 12.0. The van der Waals surface area contributed by atoms with Gasteiger partial charge < -0.3 is 39.3 Å². The molecule has 0 aliphatic carbocycles. The second-order valence-corrected chi connectivity index (χ2v) is 8.49. The molecule has 0 amide bonds. The van der Waals surface area contributed by atoms with E-state index in [9.17, 15) is 24.3 Å². The Morgan fingerprint density at radius 1 is 0.919 bits per heavy atom. The molecule has 0 radical (unpaired) electrons. The fourth-order valence-electron chi connectivity index (χ4n) is 3.94. The van der Waals surface area contributed by atoms with E-state index < -0.39 is 54.6 Å². The number of aliphatic hydroxyl groups excluding tert-OH is 1. The fraction of sp³-hybridized carbons (Fsp3) is 0.600. The third-order valence-electron chi connectivity index (χ3n) is 5.55. The lowest BCUT2D eigenvalue weighted by Gasteiger charge is -2.43. The quantitative estimate of drug-likeness (QED) is 0.225. The molecule has 0 spiro atoms. The molecule has 1 aliphatic heterocycles. The molecule has 1 saturated heterocycles. The maximum absolute atomic E-state index is 12.6. The molecule has 0 saturated carbocycles. The Morgan fingerprint density at radius 2 is 1.54 bits per heavy atom. The standard InChI is InChI=1S/C25H35NO11/c1-14(28)33-20-21(34-15(2)29)23(35-16(3)30)25(37-22(20)24(31)32-4)36-19-12-17(8-6-5-7-11-26)9-10-18(19)13-27/h9-10,12,20-23,25,27H,5-8,11,13,26H2,1-4H3/t20-,21-,22-,23+,25+/m0/s1. The smallest absolute Gasteiger partial charge is 0.339 e. The molecule has 12 nitrogen and oxygen atoms in total. The van der Waals surface area contributed by atoms with Crippen molar-refractivity contribution in [3.05, 3.63) is 29.3 Å². The number of benzene rings is 1. The number of hydrogen-bond acceptors (Lipinski definition) is 12. The summed E-state index contributed by atoms with van der Waals surface area (Å²) in [7, 11) is 1.10. The average Bonchev–Trinajstić information content (AvgIpc) is 2.84. The number of esters is 4. The van der Waals surface area contributed by atoms with Gasteiger partial charge in [-0.2, -0.15) is 0 Å². The molecule has 0 aromatic heterocycles. The third kappa shape index (κ3) is 8.69. The highest BCUT2D eigenvalue weighted by molar-refractivity contribution is 5.77. The highest BCUT2D eigenvalue weighted by Gasteiger charge is 2.55. The van der Waals surface area contributed by atoms with Crippen LogP contribution in [0, 0.1) is 0 Å². The molecule has 0 unspecified atom stereocenters. The lowest BCUT2D eigenvalue weighted by molar-refractivity contribution is -0.282. The molecule has 0 bridgehead atoms.